The second-order valence-corrected chi connectivity index (χ2v) is 4.63. The van der Waals surface area contributed by atoms with Crippen molar-refractivity contribution in [3.05, 3.63) is 0 Å². The Morgan fingerprint density at radius 3 is 2.65 bits per heavy atom. The molecule has 0 aromatic carbocycles. The first kappa shape index (κ1) is 12.2. The molecular weight excluding hydrogens is 222 g/mol. The maximum atomic E-state index is 11.2. The number of aldehydes is 2. The van der Waals surface area contributed by atoms with Crippen molar-refractivity contribution in [3.63, 3.8) is 0 Å². The van der Waals surface area contributed by atoms with Crippen LogP contribution in [0, 0.1) is 17.8 Å². The molecule has 5 nitrogen and oxygen atoms in total. The fraction of sp³-hybridized carbons (Fsp3) is 0.750. The molecule has 1 N–H and O–H groups in total. The Morgan fingerprint density at radius 1 is 1.41 bits per heavy atom. The van der Waals surface area contributed by atoms with Crippen molar-refractivity contribution in [2.24, 2.45) is 22.7 Å². The van der Waals surface area contributed by atoms with E-state index in [9.17, 15) is 14.7 Å². The van der Waals surface area contributed by atoms with Crippen LogP contribution in [-0.2, 0) is 14.3 Å². The average molecular weight is 239 g/mol. The standard InChI is InChI=1S/C12H17NO4/c1-2-11-13-12-9(6-16)8(5-15)7(4-14)3-10(12)17-11/h5-10,12,14H,2-4H2,1H3/t7-,8+,9+,10-,12+/m0/s1. The summed E-state index contributed by atoms with van der Waals surface area (Å²) in [6.45, 7) is 1.84. The molecule has 5 atom stereocenters. The number of aliphatic hydroxyl groups is 1. The largest absolute Gasteiger partial charge is 0.475 e. The molecule has 2 rings (SSSR count). The summed E-state index contributed by atoms with van der Waals surface area (Å²) in [5, 5.41) is 9.28. The molecule has 1 fully saturated rings. The minimum Gasteiger partial charge on any atom is -0.475 e. The van der Waals surface area contributed by atoms with E-state index in [1.807, 2.05) is 6.92 Å². The number of rotatable bonds is 4. The smallest absolute Gasteiger partial charge is 0.183 e. The number of ether oxygens (including phenoxy) is 1. The third kappa shape index (κ3) is 1.99. The topological polar surface area (TPSA) is 76.0 Å². The molecule has 0 amide bonds. The summed E-state index contributed by atoms with van der Waals surface area (Å²) in [4.78, 5) is 26.6. The van der Waals surface area contributed by atoms with E-state index in [0.717, 1.165) is 12.6 Å². The summed E-state index contributed by atoms with van der Waals surface area (Å²) in [6, 6.07) is -0.250. The Labute approximate surface area is 99.9 Å². The lowest BCUT2D eigenvalue weighted by atomic mass is 9.70. The molecule has 0 unspecified atom stereocenters. The van der Waals surface area contributed by atoms with Crippen molar-refractivity contribution < 1.29 is 19.4 Å². The van der Waals surface area contributed by atoms with Gasteiger partial charge in [-0.15, -0.1) is 0 Å². The zero-order valence-electron chi connectivity index (χ0n) is 9.78. The molecule has 1 heterocycles. The summed E-state index contributed by atoms with van der Waals surface area (Å²) in [6.07, 6.45) is 2.67. The Balaban J connectivity index is 2.25. The maximum absolute atomic E-state index is 11.2. The lowest BCUT2D eigenvalue weighted by Gasteiger charge is -2.37. The number of hydrogen-bond acceptors (Lipinski definition) is 5. The SMILES string of the molecule is CCC1=N[C@@H]2[C@H](C=O)[C@H](C=O)[C@H](CO)C[C@@H]2O1. The predicted octanol–water partition coefficient (Wildman–Crippen LogP) is 0.205. The molecule has 1 aliphatic carbocycles. The average Bonchev–Trinajstić information content (AvgIpc) is 2.78. The Hall–Kier alpha value is -1.23. The molecule has 94 valence electrons. The van der Waals surface area contributed by atoms with E-state index >= 15 is 0 Å². The van der Waals surface area contributed by atoms with Crippen LogP contribution in [-0.4, -0.2) is 42.3 Å². The molecule has 0 bridgehead atoms. The second-order valence-electron chi connectivity index (χ2n) is 4.63. The van der Waals surface area contributed by atoms with E-state index in [1.54, 1.807) is 0 Å². The van der Waals surface area contributed by atoms with Crippen LogP contribution in [0.3, 0.4) is 0 Å². The van der Waals surface area contributed by atoms with Gasteiger partial charge in [0.2, 0.25) is 0 Å². The van der Waals surface area contributed by atoms with Crippen molar-refractivity contribution in [2.45, 2.75) is 31.9 Å². The lowest BCUT2D eigenvalue weighted by molar-refractivity contribution is -0.126. The molecule has 0 aromatic heterocycles. The summed E-state index contributed by atoms with van der Waals surface area (Å²) >= 11 is 0. The third-order valence-electron chi connectivity index (χ3n) is 3.73. The van der Waals surface area contributed by atoms with E-state index in [0.29, 0.717) is 18.7 Å². The van der Waals surface area contributed by atoms with Gasteiger partial charge in [-0.1, -0.05) is 6.92 Å². The van der Waals surface area contributed by atoms with Crippen molar-refractivity contribution >= 4 is 18.5 Å². The van der Waals surface area contributed by atoms with Crippen molar-refractivity contribution in [1.82, 2.24) is 0 Å². The zero-order valence-corrected chi connectivity index (χ0v) is 9.78. The van der Waals surface area contributed by atoms with Crippen LogP contribution in [0.1, 0.15) is 19.8 Å². The van der Waals surface area contributed by atoms with Gasteiger partial charge in [0.25, 0.3) is 0 Å². The summed E-state index contributed by atoms with van der Waals surface area (Å²) in [5.74, 6) is -0.458. The number of aliphatic imine (C=N–C) groups is 1. The number of carbonyl (C=O) groups excluding carboxylic acids is 2. The first-order chi connectivity index (χ1) is 8.24. The maximum Gasteiger partial charge on any atom is 0.183 e. The molecular formula is C12H17NO4. The molecule has 1 saturated carbocycles. The highest BCUT2D eigenvalue weighted by Gasteiger charge is 2.48. The Bertz CT molecular complexity index is 341. The minimum atomic E-state index is -0.465. The number of hydrogen-bond donors (Lipinski definition) is 1. The zero-order chi connectivity index (χ0) is 12.4. The monoisotopic (exact) mass is 239 g/mol. The van der Waals surface area contributed by atoms with E-state index in [4.69, 9.17) is 4.74 Å². The second kappa shape index (κ2) is 4.96. The molecule has 0 saturated heterocycles. The van der Waals surface area contributed by atoms with E-state index in [-0.39, 0.29) is 24.7 Å². The van der Waals surface area contributed by atoms with E-state index in [2.05, 4.69) is 4.99 Å². The number of fused-ring (bicyclic) bond motifs is 1. The quantitative estimate of drug-likeness (QED) is 0.711. The molecule has 1 aliphatic heterocycles. The van der Waals surface area contributed by atoms with E-state index < -0.39 is 11.8 Å². The van der Waals surface area contributed by atoms with Gasteiger partial charge >= 0.3 is 0 Å². The van der Waals surface area contributed by atoms with Crippen molar-refractivity contribution in [2.75, 3.05) is 6.61 Å². The van der Waals surface area contributed by atoms with Crippen LogP contribution in [0.15, 0.2) is 4.99 Å². The van der Waals surface area contributed by atoms with Gasteiger partial charge < -0.3 is 19.4 Å². The van der Waals surface area contributed by atoms with Crippen molar-refractivity contribution in [1.29, 1.82) is 0 Å². The molecule has 5 heteroatoms. The fourth-order valence-corrected chi connectivity index (χ4v) is 2.79. The van der Waals surface area contributed by atoms with Crippen LogP contribution in [0.4, 0.5) is 0 Å². The highest BCUT2D eigenvalue weighted by molar-refractivity contribution is 5.79. The van der Waals surface area contributed by atoms with Gasteiger partial charge in [0, 0.05) is 18.9 Å². The first-order valence-electron chi connectivity index (χ1n) is 5.99. The first-order valence-corrected chi connectivity index (χ1v) is 5.99. The van der Waals surface area contributed by atoms with Crippen LogP contribution in [0.25, 0.3) is 0 Å². The summed E-state index contributed by atoms with van der Waals surface area (Å²) < 4.78 is 5.64. The van der Waals surface area contributed by atoms with Crippen LogP contribution in [0.2, 0.25) is 0 Å². The molecule has 0 radical (unpaired) electrons. The van der Waals surface area contributed by atoms with Gasteiger partial charge in [-0.25, -0.2) is 4.99 Å². The fourth-order valence-electron chi connectivity index (χ4n) is 2.79. The number of nitrogens with zero attached hydrogens (tertiary/aromatic N) is 1. The van der Waals surface area contributed by atoms with Crippen molar-refractivity contribution in [3.8, 4) is 0 Å². The Morgan fingerprint density at radius 2 is 2.12 bits per heavy atom. The van der Waals surface area contributed by atoms with Gasteiger partial charge in [-0.2, -0.15) is 0 Å². The van der Waals surface area contributed by atoms with Gasteiger partial charge in [0.05, 0.1) is 5.92 Å². The highest BCUT2D eigenvalue weighted by Crippen LogP contribution is 2.39. The van der Waals surface area contributed by atoms with Crippen LogP contribution < -0.4 is 0 Å². The molecule has 0 spiro atoms. The van der Waals surface area contributed by atoms with Gasteiger partial charge in [0.15, 0.2) is 5.90 Å². The highest BCUT2D eigenvalue weighted by atomic mass is 16.5. The molecule has 0 aromatic rings. The van der Waals surface area contributed by atoms with Gasteiger partial charge in [-0.05, 0) is 12.3 Å². The lowest BCUT2D eigenvalue weighted by Crippen LogP contribution is -2.47. The van der Waals surface area contributed by atoms with Gasteiger partial charge in [0.1, 0.15) is 24.7 Å². The number of carbonyl (C=O) groups is 2. The van der Waals surface area contributed by atoms with E-state index in [1.165, 1.54) is 0 Å². The summed E-state index contributed by atoms with van der Waals surface area (Å²) in [5.41, 5.74) is 0. The molecule has 2 aliphatic rings. The number of aliphatic hydroxyl groups excluding tert-OH is 1. The minimum absolute atomic E-state index is 0.0955. The predicted molar refractivity (Wildman–Crippen MR) is 60.7 cm³/mol. The van der Waals surface area contributed by atoms with Crippen LogP contribution in [0.5, 0.6) is 0 Å². The van der Waals surface area contributed by atoms with Gasteiger partial charge in [-0.3, -0.25) is 0 Å². The summed E-state index contributed by atoms with van der Waals surface area (Å²) in [7, 11) is 0. The Kier molecular flexibility index (Phi) is 3.57. The third-order valence-corrected chi connectivity index (χ3v) is 3.73. The normalized spacial score (nSPS) is 40.1. The van der Waals surface area contributed by atoms with Crippen LogP contribution >= 0.6 is 0 Å². The molecule has 17 heavy (non-hydrogen) atoms.